The first-order valence-electron chi connectivity index (χ1n) is 14.3. The number of fused-ring (bicyclic) bond motifs is 6. The summed E-state index contributed by atoms with van der Waals surface area (Å²) in [6, 6.07) is 17.0. The Morgan fingerprint density at radius 2 is 1.69 bits per heavy atom. The first-order valence-corrected chi connectivity index (χ1v) is 18.3. The number of nitrogens with zero attached hydrogens (tertiary/aromatic N) is 2. The number of sulfonamides is 2. The second-order valence-electron chi connectivity index (χ2n) is 12.0. The van der Waals surface area contributed by atoms with Gasteiger partial charge in [-0.05, 0) is 54.5 Å². The number of anilines is 2. The number of ether oxygens (including phenoxy) is 1. The second kappa shape index (κ2) is 12.6. The van der Waals surface area contributed by atoms with Crippen LogP contribution >= 0.6 is 11.3 Å². The molecule has 0 spiro atoms. The van der Waals surface area contributed by atoms with E-state index in [4.69, 9.17) is 4.74 Å². The molecular weight excluding hydrogens is 643 g/mol. The van der Waals surface area contributed by atoms with Gasteiger partial charge >= 0.3 is 0 Å². The molecule has 14 heteroatoms. The highest BCUT2D eigenvalue weighted by Gasteiger charge is 2.35. The Morgan fingerprint density at radius 3 is 2.47 bits per heavy atom. The summed E-state index contributed by atoms with van der Waals surface area (Å²) in [5.74, 6) is -3.39. The molecule has 0 aliphatic carbocycles. The Morgan fingerprint density at radius 1 is 0.933 bits per heavy atom. The smallest absolute Gasteiger partial charge is 0.281 e. The summed E-state index contributed by atoms with van der Waals surface area (Å²) in [5.41, 5.74) is 0.707. The van der Waals surface area contributed by atoms with E-state index in [1.807, 2.05) is 0 Å². The molecule has 9 nitrogen and oxygen atoms in total. The van der Waals surface area contributed by atoms with Crippen LogP contribution in [0.4, 0.5) is 19.7 Å². The lowest BCUT2D eigenvalue weighted by Gasteiger charge is -2.20. The Kier molecular flexibility index (Phi) is 9.20. The van der Waals surface area contributed by atoms with Crippen molar-refractivity contribution in [2.24, 2.45) is 5.41 Å². The third-order valence-electron chi connectivity index (χ3n) is 7.05. The molecule has 0 atom stereocenters. The van der Waals surface area contributed by atoms with Crippen molar-refractivity contribution >= 4 is 42.3 Å². The Bertz CT molecular complexity index is 1910. The molecule has 0 amide bonds. The van der Waals surface area contributed by atoms with Crippen LogP contribution in [-0.2, 0) is 26.0 Å². The van der Waals surface area contributed by atoms with Crippen molar-refractivity contribution in [1.82, 2.24) is 9.97 Å². The molecule has 0 fully saturated rings. The lowest BCUT2D eigenvalue weighted by atomic mass is 9.93. The Hall–Kier alpha value is -3.62. The lowest BCUT2D eigenvalue weighted by Crippen LogP contribution is -2.20. The lowest BCUT2D eigenvalue weighted by molar-refractivity contribution is -0.0148. The Balaban J connectivity index is 1.64. The summed E-state index contributed by atoms with van der Waals surface area (Å²) < 4.78 is 94.3. The highest BCUT2D eigenvalue weighted by molar-refractivity contribution is 7.93. The predicted octanol–water partition coefficient (Wildman–Crippen LogP) is 7.51. The molecule has 4 bridgehead atoms. The zero-order chi connectivity index (χ0) is 32.5. The van der Waals surface area contributed by atoms with Gasteiger partial charge in [0.15, 0.2) is 10.2 Å². The quantitative estimate of drug-likeness (QED) is 0.229. The van der Waals surface area contributed by atoms with Gasteiger partial charge in [-0.15, -0.1) is 0 Å². The zero-order valence-corrected chi connectivity index (χ0v) is 27.5. The monoisotopic (exact) mass is 676 g/mol. The van der Waals surface area contributed by atoms with Gasteiger partial charge in [-0.25, -0.2) is 27.2 Å². The van der Waals surface area contributed by atoms with E-state index in [1.165, 1.54) is 36.4 Å². The minimum Gasteiger partial charge on any atom is -0.494 e. The fourth-order valence-corrected chi connectivity index (χ4v) is 8.02. The number of aromatic nitrogens is 2. The molecule has 1 aliphatic rings. The van der Waals surface area contributed by atoms with Crippen molar-refractivity contribution in [2.75, 3.05) is 21.8 Å². The summed E-state index contributed by atoms with van der Waals surface area (Å²) >= 11 is 0.983. The maximum Gasteiger partial charge on any atom is 0.281 e. The van der Waals surface area contributed by atoms with Crippen molar-refractivity contribution in [2.45, 2.75) is 57.4 Å². The van der Waals surface area contributed by atoms with Crippen LogP contribution in [-0.4, -0.2) is 39.2 Å². The number of thiazole rings is 1. The SMILES string of the molecule is CC(C)(C)CCOc1cccc(-c2sc3nc2-c2ccccc2C(F)(F)CCCCS(=O)(=O)Nc2cccc(n2)S(=O)(=O)N3)c1. The molecule has 0 radical (unpaired) electrons. The normalized spacial score (nSPS) is 17.6. The Labute approximate surface area is 266 Å². The fraction of sp³-hybridized carbons (Fsp3) is 0.355. The molecule has 2 aromatic carbocycles. The van der Waals surface area contributed by atoms with Gasteiger partial charge in [0.25, 0.3) is 15.9 Å². The number of hydrogen-bond acceptors (Lipinski definition) is 8. The van der Waals surface area contributed by atoms with Gasteiger partial charge in [-0.2, -0.15) is 8.42 Å². The van der Waals surface area contributed by atoms with Crippen molar-refractivity contribution in [3.8, 4) is 27.4 Å². The van der Waals surface area contributed by atoms with E-state index < -0.39 is 43.2 Å². The van der Waals surface area contributed by atoms with Crippen molar-refractivity contribution in [1.29, 1.82) is 0 Å². The van der Waals surface area contributed by atoms with Crippen LogP contribution in [0.1, 0.15) is 52.0 Å². The van der Waals surface area contributed by atoms with Crippen molar-refractivity contribution in [3.05, 3.63) is 72.3 Å². The summed E-state index contributed by atoms with van der Waals surface area (Å²) in [7, 11) is -8.32. The molecule has 1 aliphatic heterocycles. The number of rotatable bonds is 4. The predicted molar refractivity (Wildman–Crippen MR) is 173 cm³/mol. The molecule has 0 saturated heterocycles. The van der Waals surface area contributed by atoms with E-state index in [2.05, 4.69) is 40.2 Å². The van der Waals surface area contributed by atoms with Crippen LogP contribution in [0, 0.1) is 5.41 Å². The van der Waals surface area contributed by atoms with E-state index in [9.17, 15) is 16.8 Å². The van der Waals surface area contributed by atoms with Crippen LogP contribution in [0.25, 0.3) is 21.7 Å². The van der Waals surface area contributed by atoms with Crippen LogP contribution in [0.2, 0.25) is 0 Å². The number of pyridine rings is 1. The fourth-order valence-electron chi connectivity index (χ4n) is 4.73. The van der Waals surface area contributed by atoms with Gasteiger partial charge in [0.2, 0.25) is 10.0 Å². The number of alkyl halides is 2. The average Bonchev–Trinajstić information content (AvgIpc) is 3.37. The highest BCUT2D eigenvalue weighted by Crippen LogP contribution is 2.45. The van der Waals surface area contributed by atoms with Gasteiger partial charge in [-0.3, -0.25) is 9.44 Å². The molecule has 2 N–H and O–H groups in total. The number of hydrogen-bond donors (Lipinski definition) is 2. The first kappa shape index (κ1) is 32.8. The first-order chi connectivity index (χ1) is 21.1. The van der Waals surface area contributed by atoms with E-state index in [0.717, 1.165) is 17.8 Å². The van der Waals surface area contributed by atoms with E-state index in [-0.39, 0.29) is 46.0 Å². The van der Waals surface area contributed by atoms with E-state index in [0.29, 0.717) is 22.8 Å². The van der Waals surface area contributed by atoms with Gasteiger partial charge in [0.05, 0.1) is 22.9 Å². The standard InChI is InChI=1S/C31H34F2N4O5S3/c1-30(2,3)17-18-42-22-11-8-10-21(20-22)28-27-23-12-4-5-13-24(23)31(32,33)16-6-7-19-44(38,39)36-25-14-9-15-26(34-25)45(40,41)37-29(35-27)43-28/h4-5,8-15,20H,6-7,16-19H2,1-3H3,(H,34,36)(H,35,37). The zero-order valence-electron chi connectivity index (χ0n) is 25.0. The van der Waals surface area contributed by atoms with Gasteiger partial charge in [0.1, 0.15) is 11.6 Å². The minimum atomic E-state index is -4.35. The summed E-state index contributed by atoms with van der Waals surface area (Å²) in [4.78, 5) is 8.99. The topological polar surface area (TPSA) is 127 Å². The maximum absolute atomic E-state index is 15.8. The average molecular weight is 677 g/mol. The molecule has 45 heavy (non-hydrogen) atoms. The molecule has 4 aromatic rings. The maximum atomic E-state index is 15.8. The third kappa shape index (κ3) is 8.16. The number of nitrogens with one attached hydrogen (secondary N) is 2. The molecule has 240 valence electrons. The largest absolute Gasteiger partial charge is 0.494 e. The van der Waals surface area contributed by atoms with Crippen LogP contribution in [0.3, 0.4) is 0 Å². The molecule has 5 rings (SSSR count). The van der Waals surface area contributed by atoms with Gasteiger partial charge in [-0.1, -0.05) is 74.6 Å². The van der Waals surface area contributed by atoms with E-state index in [1.54, 1.807) is 30.3 Å². The molecule has 2 aromatic heterocycles. The third-order valence-corrected chi connectivity index (χ3v) is 10.8. The molecule has 0 unspecified atom stereocenters. The summed E-state index contributed by atoms with van der Waals surface area (Å²) in [6.07, 6.45) is 0.104. The second-order valence-corrected chi connectivity index (χ2v) is 16.4. The van der Waals surface area contributed by atoms with Crippen LogP contribution in [0.15, 0.2) is 71.8 Å². The number of halogens is 2. The molecule has 3 heterocycles. The van der Waals surface area contributed by atoms with Crippen LogP contribution < -0.4 is 14.2 Å². The van der Waals surface area contributed by atoms with E-state index >= 15 is 8.78 Å². The highest BCUT2D eigenvalue weighted by atomic mass is 32.2. The minimum absolute atomic E-state index is 0.0409. The number of benzene rings is 2. The molecular formula is C31H34F2N4O5S3. The van der Waals surface area contributed by atoms with Crippen LogP contribution in [0.5, 0.6) is 5.75 Å². The summed E-state index contributed by atoms with van der Waals surface area (Å²) in [5, 5.41) is -0.513. The van der Waals surface area contributed by atoms with Crippen molar-refractivity contribution < 1.29 is 30.4 Å². The van der Waals surface area contributed by atoms with Gasteiger partial charge < -0.3 is 4.74 Å². The van der Waals surface area contributed by atoms with Gasteiger partial charge in [0, 0.05) is 17.5 Å². The van der Waals surface area contributed by atoms with Crippen molar-refractivity contribution in [3.63, 3.8) is 0 Å². The molecule has 0 saturated carbocycles. The summed E-state index contributed by atoms with van der Waals surface area (Å²) in [6.45, 7) is 6.82.